The van der Waals surface area contributed by atoms with Crippen LogP contribution in [0.4, 0.5) is 0 Å². The van der Waals surface area contributed by atoms with Crippen LogP contribution in [-0.4, -0.2) is 223 Å². The number of ether oxygens (including phenoxy) is 11. The maximum atomic E-state index is 12.7. The van der Waals surface area contributed by atoms with E-state index in [1.165, 1.54) is 14.0 Å². The number of aliphatic hydroxyl groups excluding tert-OH is 8. The second kappa shape index (κ2) is 21.9. The lowest BCUT2D eigenvalue weighted by molar-refractivity contribution is -0.357. The van der Waals surface area contributed by atoms with Gasteiger partial charge in [0.25, 0.3) is 0 Å². The summed E-state index contributed by atoms with van der Waals surface area (Å²) in [5, 5.41) is 111. The minimum Gasteiger partial charge on any atom is -0.394 e. The molecular formula is C52H84O22. The van der Waals surface area contributed by atoms with Gasteiger partial charge in [-0.2, -0.15) is 0 Å². The van der Waals surface area contributed by atoms with Crippen molar-refractivity contribution >= 4 is 5.78 Å². The second-order valence-corrected chi connectivity index (χ2v) is 23.5. The van der Waals surface area contributed by atoms with Crippen LogP contribution in [0.5, 0.6) is 0 Å². The highest BCUT2D eigenvalue weighted by molar-refractivity contribution is 5.80. The van der Waals surface area contributed by atoms with E-state index in [-0.39, 0.29) is 56.8 Å². The van der Waals surface area contributed by atoms with Crippen LogP contribution < -0.4 is 0 Å². The highest BCUT2D eigenvalue weighted by atomic mass is 16.8. The summed E-state index contributed by atoms with van der Waals surface area (Å²) in [7, 11) is 1.46. The van der Waals surface area contributed by atoms with Crippen molar-refractivity contribution in [1.82, 2.24) is 0 Å². The summed E-state index contributed by atoms with van der Waals surface area (Å²) in [6.07, 6.45) is -16.5. The van der Waals surface area contributed by atoms with Crippen LogP contribution in [0.1, 0.15) is 119 Å². The van der Waals surface area contributed by atoms with Gasteiger partial charge in [-0.05, 0) is 85.0 Å². The zero-order valence-electron chi connectivity index (χ0n) is 43.9. The summed E-state index contributed by atoms with van der Waals surface area (Å²) in [5.74, 6) is -1.04. The average Bonchev–Trinajstić information content (AvgIpc) is 3.65. The number of carbonyl (C=O) groups excluding carboxylic acids is 1. The topological polar surface area (TPSA) is 321 Å². The van der Waals surface area contributed by atoms with Gasteiger partial charge in [-0.15, -0.1) is 0 Å². The number of hydrogen-bond donors (Lipinski definition) is 10. The van der Waals surface area contributed by atoms with Gasteiger partial charge >= 0.3 is 0 Å². The Hall–Kier alpha value is -1.43. The van der Waals surface area contributed by atoms with Crippen molar-refractivity contribution in [3.05, 3.63) is 11.6 Å². The van der Waals surface area contributed by atoms with Crippen LogP contribution in [-0.2, 0) is 56.9 Å². The minimum absolute atomic E-state index is 0.00472. The first-order valence-corrected chi connectivity index (χ1v) is 27.0. The van der Waals surface area contributed by atoms with Gasteiger partial charge in [0.15, 0.2) is 31.5 Å². The molecule has 0 unspecified atom stereocenters. The molecule has 0 bridgehead atoms. The Bertz CT molecular complexity index is 1940. The Morgan fingerprint density at radius 1 is 0.649 bits per heavy atom. The Morgan fingerprint density at radius 2 is 1.16 bits per heavy atom. The number of hydrogen-bond acceptors (Lipinski definition) is 22. The van der Waals surface area contributed by atoms with Crippen LogP contribution in [0.2, 0.25) is 0 Å². The molecule has 5 saturated heterocycles. The maximum Gasteiger partial charge on any atom is 0.187 e. The zero-order valence-corrected chi connectivity index (χ0v) is 43.9. The molecule has 0 radical (unpaired) electrons. The summed E-state index contributed by atoms with van der Waals surface area (Å²) in [4.78, 5) is 12.7. The Kier molecular flexibility index (Phi) is 16.9. The third-order valence-electron chi connectivity index (χ3n) is 19.2. The quantitative estimate of drug-likeness (QED) is 0.106. The molecule has 0 spiro atoms. The largest absolute Gasteiger partial charge is 0.394 e. The van der Waals surface area contributed by atoms with Gasteiger partial charge in [-0.25, -0.2) is 0 Å². The highest BCUT2D eigenvalue weighted by Gasteiger charge is 2.76. The molecule has 74 heavy (non-hydrogen) atoms. The van der Waals surface area contributed by atoms with E-state index in [0.29, 0.717) is 25.7 Å². The zero-order chi connectivity index (χ0) is 53.6. The van der Waals surface area contributed by atoms with Gasteiger partial charge in [0.2, 0.25) is 0 Å². The summed E-state index contributed by atoms with van der Waals surface area (Å²) >= 11 is 0. The molecule has 9 aliphatic rings. The fraction of sp³-hybridized carbons (Fsp3) is 0.942. The second-order valence-electron chi connectivity index (χ2n) is 23.5. The Morgan fingerprint density at radius 3 is 1.66 bits per heavy atom. The van der Waals surface area contributed by atoms with Gasteiger partial charge in [-0.3, -0.25) is 4.79 Å². The fourth-order valence-electron chi connectivity index (χ4n) is 14.9. The van der Waals surface area contributed by atoms with Gasteiger partial charge in [0, 0.05) is 50.0 Å². The van der Waals surface area contributed by atoms with Crippen LogP contribution in [0.25, 0.3) is 0 Å². The molecule has 9 rings (SSSR count). The smallest absolute Gasteiger partial charge is 0.187 e. The number of rotatable bonds is 13. The third-order valence-corrected chi connectivity index (χ3v) is 19.2. The predicted molar refractivity (Wildman–Crippen MR) is 253 cm³/mol. The maximum absolute atomic E-state index is 12.7. The number of ketones is 1. The van der Waals surface area contributed by atoms with Crippen molar-refractivity contribution in [1.29, 1.82) is 0 Å². The molecule has 0 amide bonds. The van der Waals surface area contributed by atoms with Crippen molar-refractivity contribution in [2.45, 2.75) is 272 Å². The molecule has 0 aromatic heterocycles. The standard InChI is InChI=1S/C52H84O22/c1-22(54)29-11-14-52(63)50(29,7)36(58)20-35-49(6)12-10-28(15-27(49)9-13-51(35,52)62)69-37-16-30(55)44(23(2)65-37)71-38-17-31(56)45(24(3)66-38)72-39-18-32(57)46(25(4)67-39)73-40-19-33(64-8)47(26(5)68-40)74-48-43(61)42(60)41(59)34(21-53)70-48/h9,23-26,28-48,53,55-63H,10-21H2,1-8H3/t23-,24-,25-,26-,28+,29-,30+,31+,32+,33-,34-,35-,36-,37+,38+,39+,40+,41-,42+,43-,44-,45-,46-,47-,48+,49+,50+,51+,52-/m1/s1. The molecule has 8 fully saturated rings. The Labute approximate surface area is 432 Å². The predicted octanol–water partition coefficient (Wildman–Crippen LogP) is -0.282. The van der Waals surface area contributed by atoms with Gasteiger partial charge < -0.3 is 103 Å². The van der Waals surface area contributed by atoms with E-state index in [1.807, 2.05) is 6.08 Å². The SMILES string of the molecule is CO[C@@H]1C[C@H](O[C@H]2[C@@H](O)C[C@H](O[C@H]3[C@@H](O)C[C@H](O[C@H]4[C@@H](O)C[C@H](O[C@H]5CC[C@@]6(C)C(=CC[C@]7(O)[C@@H]6C[C@@H](O)[C@]6(C)[C@@H](C(C)=O)CC[C@@]67O)C5)O[C@@H]4C)O[C@@H]3C)O[C@@H]2C)O[C@H](C)[C@H]1O[C@@H]1O[C@H](CO)[C@@H](O)[C@H](O)[C@H]1O. The number of carbonyl (C=O) groups is 1. The summed E-state index contributed by atoms with van der Waals surface area (Å²) in [5.41, 5.74) is -3.69. The molecule has 4 aliphatic carbocycles. The van der Waals surface area contributed by atoms with E-state index in [9.17, 15) is 55.9 Å². The lowest BCUT2D eigenvalue weighted by Gasteiger charge is -2.66. The molecule has 424 valence electrons. The molecule has 29 atom stereocenters. The van der Waals surface area contributed by atoms with E-state index in [1.54, 1.807) is 34.6 Å². The Balaban J connectivity index is 0.727. The average molecular weight is 1060 g/mol. The molecule has 22 heteroatoms. The van der Waals surface area contributed by atoms with Crippen molar-refractivity contribution in [3.63, 3.8) is 0 Å². The van der Waals surface area contributed by atoms with Gasteiger partial charge in [0.05, 0.1) is 67.6 Å². The van der Waals surface area contributed by atoms with Crippen LogP contribution in [0.3, 0.4) is 0 Å². The molecule has 10 N–H and O–H groups in total. The first-order chi connectivity index (χ1) is 34.9. The van der Waals surface area contributed by atoms with E-state index >= 15 is 0 Å². The van der Waals surface area contributed by atoms with Gasteiger partial charge in [-0.1, -0.05) is 25.5 Å². The molecule has 22 nitrogen and oxygen atoms in total. The van der Waals surface area contributed by atoms with E-state index < -0.39 is 176 Å². The summed E-state index contributed by atoms with van der Waals surface area (Å²) in [6, 6.07) is 0. The van der Waals surface area contributed by atoms with E-state index in [4.69, 9.17) is 52.1 Å². The van der Waals surface area contributed by atoms with Crippen molar-refractivity contribution < 1.29 is 108 Å². The normalized spacial score (nSPS) is 54.9. The molecule has 3 saturated carbocycles. The van der Waals surface area contributed by atoms with Crippen molar-refractivity contribution in [2.24, 2.45) is 22.7 Å². The third kappa shape index (κ3) is 10.0. The number of methoxy groups -OCH3 is 1. The summed E-state index contributed by atoms with van der Waals surface area (Å²) < 4.78 is 67.3. The molecule has 5 aliphatic heterocycles. The fourth-order valence-corrected chi connectivity index (χ4v) is 14.9. The van der Waals surface area contributed by atoms with Crippen LogP contribution in [0, 0.1) is 22.7 Å². The molecule has 0 aromatic rings. The van der Waals surface area contributed by atoms with Crippen LogP contribution >= 0.6 is 0 Å². The first kappa shape index (κ1) is 57.3. The van der Waals surface area contributed by atoms with E-state index in [0.717, 1.165) is 5.57 Å². The molecular weight excluding hydrogens is 977 g/mol. The highest BCUT2D eigenvalue weighted by Crippen LogP contribution is 2.69. The molecule has 0 aromatic carbocycles. The minimum atomic E-state index is -1.62. The summed E-state index contributed by atoms with van der Waals surface area (Å²) in [6.45, 7) is 11.7. The van der Waals surface area contributed by atoms with E-state index in [2.05, 4.69) is 6.92 Å². The number of aliphatic hydroxyl groups is 10. The van der Waals surface area contributed by atoms with Gasteiger partial charge in [0.1, 0.15) is 65.8 Å². The lowest BCUT2D eigenvalue weighted by atomic mass is 9.43. The molecule has 5 heterocycles. The lowest BCUT2D eigenvalue weighted by Crippen LogP contribution is -2.75. The van der Waals surface area contributed by atoms with Crippen molar-refractivity contribution in [3.8, 4) is 0 Å². The number of Topliss-reactive ketones (excluding diaryl/α,β-unsaturated/α-hetero) is 1. The number of fused-ring (bicyclic) bond motifs is 5. The first-order valence-electron chi connectivity index (χ1n) is 27.0. The van der Waals surface area contributed by atoms with Crippen LogP contribution in [0.15, 0.2) is 11.6 Å². The monoisotopic (exact) mass is 1060 g/mol. The van der Waals surface area contributed by atoms with Crippen molar-refractivity contribution in [2.75, 3.05) is 13.7 Å².